The van der Waals surface area contributed by atoms with Crippen molar-refractivity contribution in [2.75, 3.05) is 0 Å². The van der Waals surface area contributed by atoms with Crippen LogP contribution < -0.4 is 0 Å². The molecule has 0 aliphatic carbocycles. The molecular formula is C19H16ClN3O. The molecule has 0 bridgehead atoms. The third-order valence-corrected chi connectivity index (χ3v) is 4.68. The number of aromatic nitrogens is 3. The second kappa shape index (κ2) is 5.49. The highest BCUT2D eigenvalue weighted by Crippen LogP contribution is 2.27. The third kappa shape index (κ3) is 2.14. The summed E-state index contributed by atoms with van der Waals surface area (Å²) in [6.45, 7) is 4.06. The zero-order valence-electron chi connectivity index (χ0n) is 13.5. The summed E-state index contributed by atoms with van der Waals surface area (Å²) in [4.78, 5) is 16.8. The van der Waals surface area contributed by atoms with E-state index in [1.807, 2.05) is 59.9 Å². The predicted molar refractivity (Wildman–Crippen MR) is 96.0 cm³/mol. The van der Waals surface area contributed by atoms with Gasteiger partial charge in [0, 0.05) is 11.9 Å². The van der Waals surface area contributed by atoms with Gasteiger partial charge in [0.2, 0.25) is 5.78 Å². The van der Waals surface area contributed by atoms with Crippen molar-refractivity contribution in [3.8, 4) is 0 Å². The van der Waals surface area contributed by atoms with Crippen molar-refractivity contribution in [1.82, 2.24) is 14.0 Å². The minimum absolute atomic E-state index is 0.0145. The van der Waals surface area contributed by atoms with E-state index in [9.17, 15) is 4.79 Å². The summed E-state index contributed by atoms with van der Waals surface area (Å²) in [7, 11) is 0. The standard InChI is InChI=1S/C19H16ClN3O/c1-12-18(13(2)24)23-17-10-6-5-9-16(17)22(19(23)21-12)11-14-7-3-4-8-15(14)20/h3-10H,11H2,1-2H3. The Hall–Kier alpha value is -2.59. The highest BCUT2D eigenvalue weighted by atomic mass is 35.5. The quantitative estimate of drug-likeness (QED) is 0.516. The summed E-state index contributed by atoms with van der Waals surface area (Å²) < 4.78 is 4.06. The van der Waals surface area contributed by atoms with Crippen molar-refractivity contribution < 1.29 is 4.79 Å². The van der Waals surface area contributed by atoms with E-state index < -0.39 is 0 Å². The Balaban J connectivity index is 2.05. The number of Topliss-reactive ketones (excluding diaryl/α,β-unsaturated/α-hetero) is 1. The number of fused-ring (bicyclic) bond motifs is 3. The largest absolute Gasteiger partial charge is 0.305 e. The molecule has 0 N–H and O–H groups in total. The molecule has 4 aromatic rings. The number of ketones is 1. The average Bonchev–Trinajstić information content (AvgIpc) is 3.04. The molecular weight excluding hydrogens is 322 g/mol. The Morgan fingerprint density at radius 3 is 2.46 bits per heavy atom. The van der Waals surface area contributed by atoms with Gasteiger partial charge in [0.1, 0.15) is 5.69 Å². The third-order valence-electron chi connectivity index (χ3n) is 4.31. The van der Waals surface area contributed by atoms with Gasteiger partial charge < -0.3 is 4.57 Å². The fraction of sp³-hybridized carbons (Fsp3) is 0.158. The first-order chi connectivity index (χ1) is 11.6. The first-order valence-electron chi connectivity index (χ1n) is 7.78. The van der Waals surface area contributed by atoms with Gasteiger partial charge >= 0.3 is 0 Å². The Labute approximate surface area is 144 Å². The number of carbonyl (C=O) groups excluding carboxylic acids is 1. The summed E-state index contributed by atoms with van der Waals surface area (Å²) in [5.41, 5.74) is 4.41. The molecule has 2 heterocycles. The maximum atomic E-state index is 12.1. The maximum Gasteiger partial charge on any atom is 0.216 e. The van der Waals surface area contributed by atoms with Crippen LogP contribution >= 0.6 is 11.6 Å². The summed E-state index contributed by atoms with van der Waals surface area (Å²) in [6.07, 6.45) is 0. The second-order valence-corrected chi connectivity index (χ2v) is 6.31. The molecule has 0 saturated heterocycles. The molecule has 4 nitrogen and oxygen atoms in total. The fourth-order valence-corrected chi connectivity index (χ4v) is 3.47. The number of carbonyl (C=O) groups is 1. The van der Waals surface area contributed by atoms with Crippen LogP contribution in [0.3, 0.4) is 0 Å². The van der Waals surface area contributed by atoms with Gasteiger partial charge in [-0.25, -0.2) is 4.98 Å². The molecule has 0 aliphatic heterocycles. The van der Waals surface area contributed by atoms with Crippen molar-refractivity contribution in [2.24, 2.45) is 0 Å². The van der Waals surface area contributed by atoms with Crippen LogP contribution in [-0.2, 0) is 6.54 Å². The van der Waals surface area contributed by atoms with Crippen molar-refractivity contribution in [2.45, 2.75) is 20.4 Å². The number of para-hydroxylation sites is 2. The highest BCUT2D eigenvalue weighted by Gasteiger charge is 2.20. The molecule has 5 heteroatoms. The smallest absolute Gasteiger partial charge is 0.216 e. The minimum atomic E-state index is 0.0145. The van der Waals surface area contributed by atoms with E-state index in [0.717, 1.165) is 33.1 Å². The molecule has 0 spiro atoms. The molecule has 0 radical (unpaired) electrons. The van der Waals surface area contributed by atoms with E-state index in [2.05, 4.69) is 9.55 Å². The number of halogens is 1. The minimum Gasteiger partial charge on any atom is -0.305 e. The molecule has 24 heavy (non-hydrogen) atoms. The van der Waals surface area contributed by atoms with Crippen LogP contribution in [0, 0.1) is 6.92 Å². The monoisotopic (exact) mass is 337 g/mol. The number of imidazole rings is 2. The number of hydrogen-bond acceptors (Lipinski definition) is 2. The van der Waals surface area contributed by atoms with Gasteiger partial charge in [-0.05, 0) is 30.7 Å². The molecule has 4 rings (SSSR count). The van der Waals surface area contributed by atoms with Crippen LogP contribution in [0.25, 0.3) is 16.8 Å². The van der Waals surface area contributed by atoms with E-state index >= 15 is 0 Å². The second-order valence-electron chi connectivity index (χ2n) is 5.90. The molecule has 0 amide bonds. The van der Waals surface area contributed by atoms with E-state index in [1.165, 1.54) is 0 Å². The summed E-state index contributed by atoms with van der Waals surface area (Å²) in [5.74, 6) is 0.777. The number of rotatable bonds is 3. The van der Waals surface area contributed by atoms with E-state index in [0.29, 0.717) is 12.2 Å². The lowest BCUT2D eigenvalue weighted by molar-refractivity contribution is 0.101. The molecule has 0 unspecified atom stereocenters. The first kappa shape index (κ1) is 15.0. The van der Waals surface area contributed by atoms with Gasteiger partial charge in [-0.15, -0.1) is 0 Å². The zero-order chi connectivity index (χ0) is 16.8. The summed E-state index contributed by atoms with van der Waals surface area (Å²) >= 11 is 6.34. The SMILES string of the molecule is CC(=O)c1c(C)nc2n(Cc3ccccc3Cl)c3ccccc3n12. The fourth-order valence-electron chi connectivity index (χ4n) is 3.28. The van der Waals surface area contributed by atoms with Crippen LogP contribution in [0.5, 0.6) is 0 Å². The highest BCUT2D eigenvalue weighted by molar-refractivity contribution is 6.31. The molecule has 0 fully saturated rings. The van der Waals surface area contributed by atoms with Crippen molar-refractivity contribution >= 4 is 34.2 Å². The van der Waals surface area contributed by atoms with Crippen molar-refractivity contribution in [1.29, 1.82) is 0 Å². The Kier molecular flexibility index (Phi) is 3.43. The van der Waals surface area contributed by atoms with Crippen LogP contribution in [0.1, 0.15) is 28.7 Å². The van der Waals surface area contributed by atoms with E-state index in [1.54, 1.807) is 6.92 Å². The van der Waals surface area contributed by atoms with E-state index in [4.69, 9.17) is 11.6 Å². The lowest BCUT2D eigenvalue weighted by Crippen LogP contribution is -2.01. The van der Waals surface area contributed by atoms with Gasteiger partial charge in [-0.3, -0.25) is 9.20 Å². The molecule has 0 saturated carbocycles. The van der Waals surface area contributed by atoms with Gasteiger partial charge in [0.25, 0.3) is 0 Å². The van der Waals surface area contributed by atoms with Crippen LogP contribution in [0.15, 0.2) is 48.5 Å². The lowest BCUT2D eigenvalue weighted by Gasteiger charge is -2.07. The molecule has 2 aromatic carbocycles. The molecule has 0 atom stereocenters. The topological polar surface area (TPSA) is 39.3 Å². The maximum absolute atomic E-state index is 12.1. The number of nitrogens with zero attached hydrogens (tertiary/aromatic N) is 3. The van der Waals surface area contributed by atoms with E-state index in [-0.39, 0.29) is 5.78 Å². The molecule has 2 aromatic heterocycles. The van der Waals surface area contributed by atoms with Gasteiger partial charge in [0.15, 0.2) is 5.78 Å². The molecule has 120 valence electrons. The zero-order valence-corrected chi connectivity index (χ0v) is 14.2. The predicted octanol–water partition coefficient (Wildman–Crippen LogP) is 4.50. The summed E-state index contributed by atoms with van der Waals surface area (Å²) in [6, 6.07) is 15.8. The van der Waals surface area contributed by atoms with Crippen molar-refractivity contribution in [3.63, 3.8) is 0 Å². The lowest BCUT2D eigenvalue weighted by atomic mass is 10.2. The number of aryl methyl sites for hydroxylation is 1. The average molecular weight is 338 g/mol. The van der Waals surface area contributed by atoms with Crippen LogP contribution in [0.2, 0.25) is 5.02 Å². The molecule has 0 aliphatic rings. The Morgan fingerprint density at radius 2 is 1.75 bits per heavy atom. The normalized spacial score (nSPS) is 11.5. The van der Waals surface area contributed by atoms with Gasteiger partial charge in [-0.2, -0.15) is 0 Å². The first-order valence-corrected chi connectivity index (χ1v) is 8.16. The summed E-state index contributed by atoms with van der Waals surface area (Å²) in [5, 5.41) is 0.725. The van der Waals surface area contributed by atoms with Gasteiger partial charge in [-0.1, -0.05) is 41.9 Å². The van der Waals surface area contributed by atoms with Crippen LogP contribution in [0.4, 0.5) is 0 Å². The van der Waals surface area contributed by atoms with Crippen molar-refractivity contribution in [3.05, 3.63) is 70.5 Å². The Morgan fingerprint density at radius 1 is 1.08 bits per heavy atom. The Bertz CT molecular complexity index is 1090. The number of benzene rings is 2. The van der Waals surface area contributed by atoms with Crippen LogP contribution in [-0.4, -0.2) is 19.7 Å². The van der Waals surface area contributed by atoms with Gasteiger partial charge in [0.05, 0.1) is 23.3 Å². The number of hydrogen-bond donors (Lipinski definition) is 0.